The van der Waals surface area contributed by atoms with E-state index in [1.54, 1.807) is 0 Å². The van der Waals surface area contributed by atoms with E-state index in [0.717, 1.165) is 112 Å². The average Bonchev–Trinajstić information content (AvgIpc) is 4.19. The largest absolute Gasteiger partial charge is 0.488 e. The molecule has 362 valence electrons. The van der Waals surface area contributed by atoms with E-state index in [1.165, 1.54) is 14.2 Å². The fourth-order valence-electron chi connectivity index (χ4n) is 12.5. The number of methoxy groups -OCH3 is 2. The van der Waals surface area contributed by atoms with Gasteiger partial charge in [0.15, 0.2) is 0 Å². The number of likely N-dealkylation sites (tertiary alicyclic amines) is 2. The number of H-pyrrole nitrogens is 2. The van der Waals surface area contributed by atoms with Crippen LogP contribution in [0.2, 0.25) is 0 Å². The number of imidazole rings is 2. The van der Waals surface area contributed by atoms with Crippen LogP contribution in [0.25, 0.3) is 44.2 Å². The molecule has 10 rings (SSSR count). The molecule has 6 heterocycles. The smallest absolute Gasteiger partial charge is 0.407 e. The number of amides is 3. The molecule has 3 aromatic carbocycles. The van der Waals surface area contributed by atoms with Crippen LogP contribution in [0, 0.1) is 17.8 Å². The number of nitrogens with zero attached hydrogens (tertiary/aromatic N) is 4. The molecular weight excluding hydrogens is 865 g/mol. The van der Waals surface area contributed by atoms with Crippen molar-refractivity contribution in [3.63, 3.8) is 0 Å². The van der Waals surface area contributed by atoms with Crippen LogP contribution in [-0.2, 0) is 25.6 Å². The van der Waals surface area contributed by atoms with E-state index in [2.05, 4.69) is 88.7 Å². The topological polar surface area (TPSA) is 196 Å². The maximum absolute atomic E-state index is 14.6. The van der Waals surface area contributed by atoms with Gasteiger partial charge in [-0.25, -0.2) is 19.6 Å². The molecule has 0 spiro atoms. The van der Waals surface area contributed by atoms with Crippen LogP contribution < -0.4 is 15.4 Å². The molecule has 4 aliphatic heterocycles. The average molecular weight is 931 g/mol. The number of carbonyl (C=O) groups excluding carboxylic acids is 3. The van der Waals surface area contributed by atoms with Crippen LogP contribution in [0.15, 0.2) is 48.7 Å². The van der Waals surface area contributed by atoms with Crippen molar-refractivity contribution in [2.75, 3.05) is 14.2 Å². The maximum atomic E-state index is 14.6. The number of aliphatic hydroxyl groups excluding tert-OH is 1. The Kier molecular flexibility index (Phi) is 12.6. The van der Waals surface area contributed by atoms with Crippen molar-refractivity contribution in [1.82, 2.24) is 40.4 Å². The first kappa shape index (κ1) is 46.0. The summed E-state index contributed by atoms with van der Waals surface area (Å²) in [5, 5.41) is 19.9. The second kappa shape index (κ2) is 18.7. The van der Waals surface area contributed by atoms with Gasteiger partial charge in [-0.3, -0.25) is 9.69 Å². The molecular formula is C52H66N8O8. The van der Waals surface area contributed by atoms with E-state index >= 15 is 0 Å². The second-order valence-corrected chi connectivity index (χ2v) is 20.2. The Labute approximate surface area is 397 Å². The predicted molar refractivity (Wildman–Crippen MR) is 256 cm³/mol. The number of aliphatic hydroxyl groups is 1. The molecule has 1 unspecified atom stereocenters. The lowest BCUT2D eigenvalue weighted by molar-refractivity contribution is -0.140. The first-order valence-electron chi connectivity index (χ1n) is 24.7. The standard InChI is InChI=1S/C52H66N8O8/c1-8-26(2)44(57-51(63)65-6)49(61)60-40-11-9-10-32(40)22-42(60)47-53-24-39(55-47)31-13-15-35-34(20-31)25-67-43-23-36-30(21-37(35)43)14-16-38-46(36)56-48(54-38)41-17-12-27(3)59(41)50(62)45(58-52(64)66-7)33-18-28(4)68-29(5)19-33/h13-16,20-21,23-24,26-29,32-33,40-42,44-45,49,61H,8-12,17-19,22,25H2,1-7H3,(H,53,55)(H,54,56)(H,57,63)(H,58,64)/t26-,27-,28+,29+,32-,40-,41-,42-,44-,45-,49?/m0/s1. The fraction of sp³-hybridized carbons (Fsp3) is 0.558. The van der Waals surface area contributed by atoms with E-state index in [1.807, 2.05) is 24.9 Å². The summed E-state index contributed by atoms with van der Waals surface area (Å²) >= 11 is 0. The lowest BCUT2D eigenvalue weighted by atomic mass is 9.85. The molecule has 0 radical (unpaired) electrons. The van der Waals surface area contributed by atoms with Gasteiger partial charge >= 0.3 is 12.2 Å². The number of ether oxygens (including phenoxy) is 4. The van der Waals surface area contributed by atoms with Crippen molar-refractivity contribution in [1.29, 1.82) is 0 Å². The summed E-state index contributed by atoms with van der Waals surface area (Å²) < 4.78 is 22.5. The van der Waals surface area contributed by atoms with Gasteiger partial charge in [0, 0.05) is 23.0 Å². The monoisotopic (exact) mass is 931 g/mol. The minimum absolute atomic E-state index is 0.0300. The molecule has 5 N–H and O–H groups in total. The normalized spacial score (nSPS) is 27.4. The molecule has 4 fully saturated rings. The zero-order valence-electron chi connectivity index (χ0n) is 40.2. The molecule has 2 aromatic heterocycles. The van der Waals surface area contributed by atoms with Gasteiger partial charge in [0.1, 0.15) is 36.3 Å². The van der Waals surface area contributed by atoms with Crippen molar-refractivity contribution < 1.29 is 38.4 Å². The van der Waals surface area contributed by atoms with Crippen molar-refractivity contribution in [3.8, 4) is 28.1 Å². The molecule has 16 heteroatoms. The third-order valence-electron chi connectivity index (χ3n) is 16.0. The number of alkyl carbamates (subject to hydrolysis) is 2. The summed E-state index contributed by atoms with van der Waals surface area (Å²) in [6.45, 7) is 10.6. The lowest BCUT2D eigenvalue weighted by Gasteiger charge is -2.39. The predicted octanol–water partition coefficient (Wildman–Crippen LogP) is 8.65. The number of hydrogen-bond donors (Lipinski definition) is 5. The fourth-order valence-corrected chi connectivity index (χ4v) is 12.5. The zero-order valence-corrected chi connectivity index (χ0v) is 40.2. The maximum Gasteiger partial charge on any atom is 0.407 e. The molecule has 16 nitrogen and oxygen atoms in total. The highest BCUT2D eigenvalue weighted by atomic mass is 16.5. The summed E-state index contributed by atoms with van der Waals surface area (Å²) in [6, 6.07) is 13.4. The number of nitrogens with one attached hydrogen (secondary N) is 4. The summed E-state index contributed by atoms with van der Waals surface area (Å²) in [6.07, 6.45) is 7.54. The van der Waals surface area contributed by atoms with Gasteiger partial charge in [0.05, 0.1) is 67.5 Å². The van der Waals surface area contributed by atoms with E-state index in [4.69, 9.17) is 28.9 Å². The van der Waals surface area contributed by atoms with Crippen LogP contribution in [0.1, 0.15) is 122 Å². The van der Waals surface area contributed by atoms with Gasteiger partial charge < -0.3 is 49.6 Å². The number of aromatic nitrogens is 4. The summed E-state index contributed by atoms with van der Waals surface area (Å²) in [7, 11) is 2.67. The first-order chi connectivity index (χ1) is 32.8. The first-order valence-corrected chi connectivity index (χ1v) is 24.7. The molecule has 3 saturated heterocycles. The summed E-state index contributed by atoms with van der Waals surface area (Å²) in [5.41, 5.74) is 6.75. The molecule has 5 aliphatic rings. The Balaban J connectivity index is 0.904. The Hall–Kier alpha value is -5.71. The van der Waals surface area contributed by atoms with Crippen molar-refractivity contribution in [3.05, 3.63) is 65.9 Å². The number of hydrogen-bond acceptors (Lipinski definition) is 11. The second-order valence-electron chi connectivity index (χ2n) is 20.2. The minimum Gasteiger partial charge on any atom is -0.488 e. The highest BCUT2D eigenvalue weighted by Gasteiger charge is 2.50. The van der Waals surface area contributed by atoms with Gasteiger partial charge in [0.2, 0.25) is 5.91 Å². The van der Waals surface area contributed by atoms with E-state index in [9.17, 15) is 19.5 Å². The third kappa shape index (κ3) is 8.35. The van der Waals surface area contributed by atoms with Gasteiger partial charge in [-0.2, -0.15) is 0 Å². The van der Waals surface area contributed by atoms with Crippen LogP contribution >= 0.6 is 0 Å². The number of fused-ring (bicyclic) bond motifs is 7. The summed E-state index contributed by atoms with van der Waals surface area (Å²) in [4.78, 5) is 61.2. The zero-order chi connectivity index (χ0) is 47.5. The third-order valence-corrected chi connectivity index (χ3v) is 16.0. The van der Waals surface area contributed by atoms with E-state index < -0.39 is 30.5 Å². The van der Waals surface area contributed by atoms with Gasteiger partial charge in [-0.1, -0.05) is 44.9 Å². The Bertz CT molecular complexity index is 2690. The number of carbonyl (C=O) groups is 3. The molecule has 1 aliphatic carbocycles. The molecule has 0 bridgehead atoms. The number of rotatable bonds is 11. The Morgan fingerprint density at radius 3 is 2.44 bits per heavy atom. The van der Waals surface area contributed by atoms with Gasteiger partial charge in [0.25, 0.3) is 0 Å². The van der Waals surface area contributed by atoms with Crippen molar-refractivity contribution >= 4 is 39.9 Å². The van der Waals surface area contributed by atoms with Gasteiger partial charge in [-0.15, -0.1) is 0 Å². The Morgan fingerprint density at radius 2 is 1.68 bits per heavy atom. The highest BCUT2D eigenvalue weighted by molar-refractivity contribution is 6.07. The molecule has 11 atom stereocenters. The highest BCUT2D eigenvalue weighted by Crippen LogP contribution is 2.49. The number of aromatic amines is 2. The Morgan fingerprint density at radius 1 is 0.897 bits per heavy atom. The van der Waals surface area contributed by atoms with Crippen molar-refractivity contribution in [2.45, 2.75) is 154 Å². The lowest BCUT2D eigenvalue weighted by Crippen LogP contribution is -2.56. The quantitative estimate of drug-likeness (QED) is 0.0851. The molecule has 68 heavy (non-hydrogen) atoms. The van der Waals surface area contributed by atoms with Gasteiger partial charge in [-0.05, 0) is 130 Å². The van der Waals surface area contributed by atoms with E-state index in [-0.39, 0.29) is 54.1 Å². The molecule has 1 saturated carbocycles. The minimum atomic E-state index is -0.900. The number of benzene rings is 3. The van der Waals surface area contributed by atoms with Crippen LogP contribution in [-0.4, -0.2) is 110 Å². The summed E-state index contributed by atoms with van der Waals surface area (Å²) in [5.74, 6) is 2.57. The SMILES string of the molecule is CC[C@H](C)[C@H](NC(=O)OC)C(O)N1[C@H](c2ncc(-c3ccc4c(c3)COc3cc5c(ccc6[nH]c([C@@H]7CC[C@H](C)N7C(=O)[C@@H](NC(=O)OC)C7C[C@@H](C)O[C@H](C)C7)nc65)cc3-4)[nH]2)C[C@@H]2CCC[C@@H]21. The van der Waals surface area contributed by atoms with Crippen LogP contribution in [0.3, 0.4) is 0 Å². The van der Waals surface area contributed by atoms with Crippen LogP contribution in [0.4, 0.5) is 9.59 Å². The molecule has 3 amide bonds. The van der Waals surface area contributed by atoms with E-state index in [0.29, 0.717) is 25.4 Å². The van der Waals surface area contributed by atoms with Crippen LogP contribution in [0.5, 0.6) is 5.75 Å². The molecule has 5 aromatic rings. The van der Waals surface area contributed by atoms with Crippen molar-refractivity contribution in [2.24, 2.45) is 17.8 Å².